The summed E-state index contributed by atoms with van der Waals surface area (Å²) in [4.78, 5) is 23.9. The minimum Gasteiger partial charge on any atom is -0.355 e. The van der Waals surface area contributed by atoms with Crippen LogP contribution in [0.15, 0.2) is 65.8 Å². The second kappa shape index (κ2) is 10.8. The lowest BCUT2D eigenvalue weighted by atomic mass is 10.1. The highest BCUT2D eigenvalue weighted by Crippen LogP contribution is 2.35. The highest BCUT2D eigenvalue weighted by atomic mass is 19.4. The number of carbonyl (C=O) groups is 2. The minimum atomic E-state index is -4.50. The highest BCUT2D eigenvalue weighted by Gasteiger charge is 2.34. The topological polar surface area (TPSA) is 75.5 Å². The van der Waals surface area contributed by atoms with E-state index in [9.17, 15) is 22.8 Å². The van der Waals surface area contributed by atoms with E-state index >= 15 is 0 Å². The van der Waals surface area contributed by atoms with Gasteiger partial charge in [0.25, 0.3) is 0 Å². The highest BCUT2D eigenvalue weighted by molar-refractivity contribution is 5.97. The minimum absolute atomic E-state index is 0.0147. The maximum Gasteiger partial charge on any atom is 0.418 e. The van der Waals surface area contributed by atoms with Crippen LogP contribution in [0.5, 0.6) is 0 Å². The third kappa shape index (κ3) is 6.34. The summed E-state index contributed by atoms with van der Waals surface area (Å²) < 4.78 is 41.8. The molecule has 0 aliphatic heterocycles. The Kier molecular flexibility index (Phi) is 7.88. The summed E-state index contributed by atoms with van der Waals surface area (Å²) in [6.07, 6.45) is -2.88. The fourth-order valence-corrected chi connectivity index (χ4v) is 3.61. The summed E-state index contributed by atoms with van der Waals surface area (Å²) in [6.45, 7) is 3.77. The molecule has 2 amide bonds. The van der Waals surface area contributed by atoms with Crippen molar-refractivity contribution >= 4 is 18.0 Å². The molecular weight excluding hydrogens is 445 g/mol. The van der Waals surface area contributed by atoms with E-state index in [2.05, 4.69) is 15.8 Å². The maximum atomic E-state index is 13.4. The average Bonchev–Trinajstić information content (AvgIpc) is 3.06. The average molecular weight is 470 g/mol. The lowest BCUT2D eigenvalue weighted by Crippen LogP contribution is -2.31. The molecule has 178 valence electrons. The molecule has 3 aromatic rings. The van der Waals surface area contributed by atoms with Crippen LogP contribution in [-0.2, 0) is 22.2 Å². The van der Waals surface area contributed by atoms with Gasteiger partial charge in [-0.1, -0.05) is 42.5 Å². The van der Waals surface area contributed by atoms with Crippen molar-refractivity contribution in [2.24, 2.45) is 5.10 Å². The zero-order valence-corrected chi connectivity index (χ0v) is 18.8. The first-order valence-electron chi connectivity index (χ1n) is 10.6. The summed E-state index contributed by atoms with van der Waals surface area (Å²) in [5, 5.41) is 6.54. The van der Waals surface area contributed by atoms with Gasteiger partial charge in [0.2, 0.25) is 11.8 Å². The number of para-hydroxylation sites is 1. The number of aromatic nitrogens is 1. The third-order valence-electron chi connectivity index (χ3n) is 5.21. The molecule has 0 saturated heterocycles. The predicted octanol–water partition coefficient (Wildman–Crippen LogP) is 4.31. The van der Waals surface area contributed by atoms with Crippen molar-refractivity contribution < 1.29 is 22.8 Å². The van der Waals surface area contributed by atoms with Crippen LogP contribution in [-0.4, -0.2) is 29.1 Å². The van der Waals surface area contributed by atoms with Gasteiger partial charge in [-0.2, -0.15) is 18.3 Å². The van der Waals surface area contributed by atoms with Gasteiger partial charge in [0.05, 0.1) is 17.5 Å². The summed E-state index contributed by atoms with van der Waals surface area (Å²) in [6, 6.07) is 16.6. The van der Waals surface area contributed by atoms with Crippen molar-refractivity contribution in [3.63, 3.8) is 0 Å². The van der Waals surface area contributed by atoms with Crippen molar-refractivity contribution in [3.05, 3.63) is 88.7 Å². The standard InChI is InChI=1S/C25H25F3N4O2/c1-17-14-20(18(2)32(17)22-11-7-6-10-21(22)25(26,27)28)16-30-31-24(34)15-23(33)29-13-12-19-8-4-3-5-9-19/h3-11,14,16H,12-13,15H2,1-2H3,(H,29,33)(H,31,34)/b30-16+. The van der Waals surface area contributed by atoms with Crippen LogP contribution in [0.4, 0.5) is 13.2 Å². The zero-order valence-electron chi connectivity index (χ0n) is 18.8. The molecule has 1 heterocycles. The Morgan fingerprint density at radius 3 is 2.38 bits per heavy atom. The molecule has 0 fully saturated rings. The van der Waals surface area contributed by atoms with E-state index in [0.717, 1.165) is 11.6 Å². The maximum absolute atomic E-state index is 13.4. The Balaban J connectivity index is 1.58. The molecular formula is C25H25F3N4O2. The molecule has 34 heavy (non-hydrogen) atoms. The van der Waals surface area contributed by atoms with E-state index in [4.69, 9.17) is 0 Å². The molecule has 0 unspecified atom stereocenters. The number of hydrazone groups is 1. The molecule has 0 saturated carbocycles. The SMILES string of the molecule is Cc1cc(/C=N/NC(=O)CC(=O)NCCc2ccccc2)c(C)n1-c1ccccc1C(F)(F)F. The first-order valence-corrected chi connectivity index (χ1v) is 10.6. The van der Waals surface area contributed by atoms with Gasteiger partial charge in [0.15, 0.2) is 0 Å². The third-order valence-corrected chi connectivity index (χ3v) is 5.21. The number of aryl methyl sites for hydroxylation is 1. The molecule has 6 nitrogen and oxygen atoms in total. The number of alkyl halides is 3. The molecule has 1 aromatic heterocycles. The van der Waals surface area contributed by atoms with Gasteiger partial charge in [-0.05, 0) is 44.0 Å². The number of nitrogens with zero attached hydrogens (tertiary/aromatic N) is 2. The second-order valence-electron chi connectivity index (χ2n) is 7.73. The van der Waals surface area contributed by atoms with E-state index in [0.29, 0.717) is 29.9 Å². The monoisotopic (exact) mass is 470 g/mol. The molecule has 0 spiro atoms. The smallest absolute Gasteiger partial charge is 0.355 e. The lowest BCUT2D eigenvalue weighted by molar-refractivity contribution is -0.137. The summed E-state index contributed by atoms with van der Waals surface area (Å²) in [7, 11) is 0. The van der Waals surface area contributed by atoms with Crippen LogP contribution in [0.25, 0.3) is 5.69 Å². The van der Waals surface area contributed by atoms with Crippen molar-refractivity contribution in [3.8, 4) is 5.69 Å². The van der Waals surface area contributed by atoms with Crippen LogP contribution in [0.1, 0.15) is 34.5 Å². The van der Waals surface area contributed by atoms with Crippen molar-refractivity contribution in [2.45, 2.75) is 32.9 Å². The Morgan fingerprint density at radius 1 is 1.00 bits per heavy atom. The molecule has 3 rings (SSSR count). The molecule has 2 N–H and O–H groups in total. The molecule has 2 aromatic carbocycles. The van der Waals surface area contributed by atoms with E-state index in [-0.39, 0.29) is 12.1 Å². The first-order chi connectivity index (χ1) is 16.2. The van der Waals surface area contributed by atoms with Gasteiger partial charge in [-0.15, -0.1) is 0 Å². The number of amides is 2. The lowest BCUT2D eigenvalue weighted by Gasteiger charge is -2.16. The van der Waals surface area contributed by atoms with Crippen molar-refractivity contribution in [1.29, 1.82) is 0 Å². The van der Waals surface area contributed by atoms with Crippen LogP contribution >= 0.6 is 0 Å². The summed E-state index contributed by atoms with van der Waals surface area (Å²) >= 11 is 0. The van der Waals surface area contributed by atoms with Crippen LogP contribution in [0.3, 0.4) is 0 Å². The number of nitrogens with one attached hydrogen (secondary N) is 2. The van der Waals surface area contributed by atoms with Crippen LogP contribution in [0, 0.1) is 13.8 Å². The number of hydrogen-bond donors (Lipinski definition) is 2. The molecule has 0 aliphatic carbocycles. The largest absolute Gasteiger partial charge is 0.418 e. The van der Waals surface area contributed by atoms with Gasteiger partial charge in [-0.3, -0.25) is 9.59 Å². The number of hydrogen-bond acceptors (Lipinski definition) is 3. The predicted molar refractivity (Wildman–Crippen MR) is 124 cm³/mol. The van der Waals surface area contributed by atoms with Gasteiger partial charge >= 0.3 is 6.18 Å². The van der Waals surface area contributed by atoms with Gasteiger partial charge in [0.1, 0.15) is 6.42 Å². The Bertz CT molecular complexity index is 1180. The van der Waals surface area contributed by atoms with Crippen molar-refractivity contribution in [1.82, 2.24) is 15.3 Å². The summed E-state index contributed by atoms with van der Waals surface area (Å²) in [5.74, 6) is -1.02. The Hall–Kier alpha value is -3.88. The van der Waals surface area contributed by atoms with E-state index in [1.54, 1.807) is 26.0 Å². The fraction of sp³-hybridized carbons (Fsp3) is 0.240. The number of rotatable bonds is 8. The number of carbonyl (C=O) groups excluding carboxylic acids is 2. The normalized spacial score (nSPS) is 11.6. The van der Waals surface area contributed by atoms with Crippen LogP contribution in [0.2, 0.25) is 0 Å². The van der Waals surface area contributed by atoms with Crippen molar-refractivity contribution in [2.75, 3.05) is 6.54 Å². The van der Waals surface area contributed by atoms with E-state index in [1.165, 1.54) is 22.9 Å². The second-order valence-corrected chi connectivity index (χ2v) is 7.73. The quantitative estimate of drug-likeness (QED) is 0.292. The van der Waals surface area contributed by atoms with E-state index in [1.807, 2.05) is 30.3 Å². The molecule has 0 atom stereocenters. The fourth-order valence-electron chi connectivity index (χ4n) is 3.61. The molecule has 0 aliphatic rings. The zero-order chi connectivity index (χ0) is 24.7. The first kappa shape index (κ1) is 24.8. The van der Waals surface area contributed by atoms with Gasteiger partial charge < -0.3 is 9.88 Å². The number of halogens is 3. The van der Waals surface area contributed by atoms with Gasteiger partial charge in [-0.25, -0.2) is 5.43 Å². The van der Waals surface area contributed by atoms with E-state index < -0.39 is 23.6 Å². The molecule has 0 radical (unpaired) electrons. The molecule has 9 heteroatoms. The summed E-state index contributed by atoms with van der Waals surface area (Å²) in [5.41, 5.74) is 4.29. The Morgan fingerprint density at radius 2 is 1.68 bits per heavy atom. The van der Waals surface area contributed by atoms with Crippen LogP contribution < -0.4 is 10.7 Å². The molecule has 0 bridgehead atoms. The Labute approximate surface area is 195 Å². The van der Waals surface area contributed by atoms with Gasteiger partial charge in [0, 0.05) is 23.5 Å². The number of benzene rings is 2.